The molecule has 16 heavy (non-hydrogen) atoms. The molecule has 0 aliphatic carbocycles. The third-order valence-corrected chi connectivity index (χ3v) is 2.54. The van der Waals surface area contributed by atoms with Crippen molar-refractivity contribution in [1.29, 1.82) is 0 Å². The fraction of sp³-hybridized carbons (Fsp3) is 0.308. The number of rotatable bonds is 2. The second kappa shape index (κ2) is 5.47. The molecule has 0 spiro atoms. The van der Waals surface area contributed by atoms with Crippen LogP contribution in [0.15, 0.2) is 36.4 Å². The Morgan fingerprint density at radius 3 is 2.56 bits per heavy atom. The monoisotopic (exact) mass is 217 g/mol. The van der Waals surface area contributed by atoms with Crippen LogP contribution in [-0.2, 0) is 9.53 Å². The van der Waals surface area contributed by atoms with E-state index in [2.05, 4.69) is 0 Å². The number of carbonyl (C=O) groups excluding carboxylic acids is 1. The van der Waals surface area contributed by atoms with Crippen LogP contribution >= 0.6 is 0 Å². The average Bonchev–Trinajstić information content (AvgIpc) is 2.38. The van der Waals surface area contributed by atoms with Crippen LogP contribution in [0.5, 0.6) is 0 Å². The number of ether oxygens (including phenoxy) is 1. The van der Waals surface area contributed by atoms with Gasteiger partial charge in [0.25, 0.3) is 0 Å². The van der Waals surface area contributed by atoms with Gasteiger partial charge < -0.3 is 9.64 Å². The van der Waals surface area contributed by atoms with Gasteiger partial charge in [-0.2, -0.15) is 0 Å². The van der Waals surface area contributed by atoms with Crippen molar-refractivity contribution < 1.29 is 9.53 Å². The molecule has 1 saturated heterocycles. The van der Waals surface area contributed by atoms with Crippen LogP contribution < -0.4 is 0 Å². The van der Waals surface area contributed by atoms with Gasteiger partial charge in [0, 0.05) is 19.2 Å². The topological polar surface area (TPSA) is 29.5 Å². The lowest BCUT2D eigenvalue weighted by atomic mass is 10.2. The first-order chi connectivity index (χ1) is 7.86. The second-order valence-electron chi connectivity index (χ2n) is 3.68. The molecular weight excluding hydrogens is 202 g/mol. The maximum Gasteiger partial charge on any atom is 0.246 e. The number of benzene rings is 1. The molecule has 2 rings (SSSR count). The number of morpholine rings is 1. The van der Waals surface area contributed by atoms with E-state index in [9.17, 15) is 4.79 Å². The highest BCUT2D eigenvalue weighted by molar-refractivity contribution is 5.91. The van der Waals surface area contributed by atoms with Crippen LogP contribution in [0, 0.1) is 0 Å². The maximum atomic E-state index is 11.8. The highest BCUT2D eigenvalue weighted by Crippen LogP contribution is 2.03. The van der Waals surface area contributed by atoms with Crippen molar-refractivity contribution in [3.05, 3.63) is 42.0 Å². The van der Waals surface area contributed by atoms with E-state index in [-0.39, 0.29) is 5.91 Å². The lowest BCUT2D eigenvalue weighted by Crippen LogP contribution is -2.39. The smallest absolute Gasteiger partial charge is 0.246 e. The molecule has 1 fully saturated rings. The van der Waals surface area contributed by atoms with E-state index >= 15 is 0 Å². The molecule has 1 aromatic carbocycles. The van der Waals surface area contributed by atoms with Gasteiger partial charge in [-0.05, 0) is 11.6 Å². The van der Waals surface area contributed by atoms with Crippen LogP contribution in [0.3, 0.4) is 0 Å². The fourth-order valence-corrected chi connectivity index (χ4v) is 1.62. The summed E-state index contributed by atoms with van der Waals surface area (Å²) in [5, 5.41) is 0. The number of carbonyl (C=O) groups is 1. The summed E-state index contributed by atoms with van der Waals surface area (Å²) in [6.07, 6.45) is 3.47. The Hall–Kier alpha value is -1.61. The van der Waals surface area contributed by atoms with Crippen LogP contribution in [0.2, 0.25) is 0 Å². The summed E-state index contributed by atoms with van der Waals surface area (Å²) in [6, 6.07) is 9.82. The molecule has 0 saturated carbocycles. The summed E-state index contributed by atoms with van der Waals surface area (Å²) >= 11 is 0. The van der Waals surface area contributed by atoms with E-state index in [1.165, 1.54) is 0 Å². The Morgan fingerprint density at radius 1 is 1.19 bits per heavy atom. The molecule has 0 bridgehead atoms. The van der Waals surface area contributed by atoms with Gasteiger partial charge in [0.05, 0.1) is 13.2 Å². The zero-order valence-electron chi connectivity index (χ0n) is 9.13. The predicted octanol–water partition coefficient (Wildman–Crippen LogP) is 1.56. The largest absolute Gasteiger partial charge is 0.378 e. The SMILES string of the molecule is O=C(/C=C/c1ccccc1)N1CCOCC1. The summed E-state index contributed by atoms with van der Waals surface area (Å²) in [7, 11) is 0. The van der Waals surface area contributed by atoms with Gasteiger partial charge in [-0.25, -0.2) is 0 Å². The molecular formula is C13H15NO2. The van der Waals surface area contributed by atoms with Gasteiger partial charge >= 0.3 is 0 Å². The average molecular weight is 217 g/mol. The highest BCUT2D eigenvalue weighted by atomic mass is 16.5. The van der Waals surface area contributed by atoms with Gasteiger partial charge in [-0.1, -0.05) is 30.3 Å². The molecule has 1 aliphatic rings. The maximum absolute atomic E-state index is 11.8. The zero-order valence-corrected chi connectivity index (χ0v) is 9.13. The Bertz CT molecular complexity index is 367. The van der Waals surface area contributed by atoms with Gasteiger partial charge in [0.15, 0.2) is 0 Å². The Morgan fingerprint density at radius 2 is 1.88 bits per heavy atom. The van der Waals surface area contributed by atoms with Crippen molar-refractivity contribution in [2.24, 2.45) is 0 Å². The van der Waals surface area contributed by atoms with Crippen molar-refractivity contribution in [3.8, 4) is 0 Å². The molecule has 0 aromatic heterocycles. The molecule has 0 unspecified atom stereocenters. The highest BCUT2D eigenvalue weighted by Gasteiger charge is 2.13. The minimum atomic E-state index is 0.0622. The molecule has 1 heterocycles. The molecule has 1 aromatic rings. The zero-order chi connectivity index (χ0) is 11.2. The Labute approximate surface area is 95.3 Å². The Kier molecular flexibility index (Phi) is 3.72. The van der Waals surface area contributed by atoms with Gasteiger partial charge in [0.2, 0.25) is 5.91 Å². The van der Waals surface area contributed by atoms with E-state index < -0.39 is 0 Å². The van der Waals surface area contributed by atoms with E-state index in [4.69, 9.17) is 4.74 Å². The van der Waals surface area contributed by atoms with E-state index in [1.807, 2.05) is 41.3 Å². The second-order valence-corrected chi connectivity index (χ2v) is 3.68. The number of amides is 1. The number of hydrogen-bond acceptors (Lipinski definition) is 2. The molecule has 3 nitrogen and oxygen atoms in total. The molecule has 0 N–H and O–H groups in total. The summed E-state index contributed by atoms with van der Waals surface area (Å²) < 4.78 is 5.19. The van der Waals surface area contributed by atoms with E-state index in [1.54, 1.807) is 6.08 Å². The summed E-state index contributed by atoms with van der Waals surface area (Å²) in [6.45, 7) is 2.67. The lowest BCUT2D eigenvalue weighted by Gasteiger charge is -2.25. The number of nitrogens with zero attached hydrogens (tertiary/aromatic N) is 1. The predicted molar refractivity (Wildman–Crippen MR) is 62.9 cm³/mol. The minimum absolute atomic E-state index is 0.0622. The van der Waals surface area contributed by atoms with E-state index in [0.717, 1.165) is 5.56 Å². The summed E-state index contributed by atoms with van der Waals surface area (Å²) in [5.41, 5.74) is 1.05. The Balaban J connectivity index is 1.93. The van der Waals surface area contributed by atoms with Crippen molar-refractivity contribution >= 4 is 12.0 Å². The molecule has 84 valence electrons. The molecule has 0 radical (unpaired) electrons. The molecule has 1 amide bonds. The fourth-order valence-electron chi connectivity index (χ4n) is 1.62. The van der Waals surface area contributed by atoms with Crippen LogP contribution in [0.25, 0.3) is 6.08 Å². The summed E-state index contributed by atoms with van der Waals surface area (Å²) in [5.74, 6) is 0.0622. The standard InChI is InChI=1S/C13H15NO2/c15-13(14-8-10-16-11-9-14)7-6-12-4-2-1-3-5-12/h1-7H,8-11H2/b7-6+. The molecule has 3 heteroatoms. The lowest BCUT2D eigenvalue weighted by molar-refractivity contribution is -0.129. The third kappa shape index (κ3) is 2.94. The number of hydrogen-bond donors (Lipinski definition) is 0. The van der Waals surface area contributed by atoms with Crippen LogP contribution in [0.1, 0.15) is 5.56 Å². The van der Waals surface area contributed by atoms with Crippen molar-refractivity contribution in [2.75, 3.05) is 26.3 Å². The van der Waals surface area contributed by atoms with Crippen molar-refractivity contribution in [2.45, 2.75) is 0 Å². The first-order valence-electron chi connectivity index (χ1n) is 5.46. The van der Waals surface area contributed by atoms with Gasteiger partial charge in [-0.3, -0.25) is 4.79 Å². The van der Waals surface area contributed by atoms with Gasteiger partial charge in [-0.15, -0.1) is 0 Å². The van der Waals surface area contributed by atoms with E-state index in [0.29, 0.717) is 26.3 Å². The van der Waals surface area contributed by atoms with Crippen molar-refractivity contribution in [1.82, 2.24) is 4.90 Å². The van der Waals surface area contributed by atoms with Crippen LogP contribution in [0.4, 0.5) is 0 Å². The minimum Gasteiger partial charge on any atom is -0.378 e. The molecule has 0 atom stereocenters. The summed E-state index contributed by atoms with van der Waals surface area (Å²) in [4.78, 5) is 13.6. The quantitative estimate of drug-likeness (QED) is 0.703. The third-order valence-electron chi connectivity index (χ3n) is 2.54. The normalized spacial score (nSPS) is 16.6. The van der Waals surface area contributed by atoms with Crippen molar-refractivity contribution in [3.63, 3.8) is 0 Å². The first-order valence-corrected chi connectivity index (χ1v) is 5.46. The van der Waals surface area contributed by atoms with Gasteiger partial charge in [0.1, 0.15) is 0 Å². The molecule has 1 aliphatic heterocycles. The van der Waals surface area contributed by atoms with Crippen LogP contribution in [-0.4, -0.2) is 37.1 Å². The first kappa shape index (κ1) is 10.9.